The molecule has 1 aliphatic rings. The van der Waals surface area contributed by atoms with Crippen LogP contribution < -0.4 is 10.2 Å². The number of rotatable bonds is 6. The van der Waals surface area contributed by atoms with Crippen molar-refractivity contribution < 1.29 is 9.53 Å². The first-order valence-electron chi connectivity index (χ1n) is 9.05. The van der Waals surface area contributed by atoms with E-state index >= 15 is 0 Å². The number of H-pyrrole nitrogens is 1. The van der Waals surface area contributed by atoms with Crippen molar-refractivity contribution in [1.82, 2.24) is 10.3 Å². The summed E-state index contributed by atoms with van der Waals surface area (Å²) >= 11 is 0. The molecule has 0 saturated carbocycles. The average molecular weight is 349 g/mol. The second kappa shape index (κ2) is 7.22. The highest BCUT2D eigenvalue weighted by atomic mass is 16.6. The summed E-state index contributed by atoms with van der Waals surface area (Å²) in [6.07, 6.45) is 2.81. The van der Waals surface area contributed by atoms with Gasteiger partial charge in [0, 0.05) is 28.8 Å². The molecule has 0 radical (unpaired) electrons. The number of ether oxygens (including phenoxy) is 1. The van der Waals surface area contributed by atoms with E-state index < -0.39 is 0 Å². The lowest BCUT2D eigenvalue weighted by Gasteiger charge is -2.17. The summed E-state index contributed by atoms with van der Waals surface area (Å²) in [6.45, 7) is 4.15. The number of cyclic esters (lactones) is 1. The molecule has 2 aromatic carbocycles. The van der Waals surface area contributed by atoms with Gasteiger partial charge in [0.2, 0.25) is 0 Å². The van der Waals surface area contributed by atoms with Crippen LogP contribution in [0.15, 0.2) is 54.7 Å². The molecule has 1 aromatic heterocycles. The minimum absolute atomic E-state index is 0.250. The van der Waals surface area contributed by atoms with Crippen LogP contribution in [-0.4, -0.2) is 30.8 Å². The van der Waals surface area contributed by atoms with E-state index in [4.69, 9.17) is 4.74 Å². The highest BCUT2D eigenvalue weighted by Crippen LogP contribution is 2.22. The van der Waals surface area contributed by atoms with Crippen LogP contribution in [0.2, 0.25) is 0 Å². The molecule has 26 heavy (non-hydrogen) atoms. The van der Waals surface area contributed by atoms with Gasteiger partial charge >= 0.3 is 6.09 Å². The molecule has 134 valence electrons. The van der Waals surface area contributed by atoms with Crippen molar-refractivity contribution >= 4 is 22.7 Å². The fraction of sp³-hybridized carbons (Fsp3) is 0.286. The average Bonchev–Trinajstić information content (AvgIpc) is 3.28. The second-order valence-electron chi connectivity index (χ2n) is 6.64. The molecule has 1 saturated heterocycles. The van der Waals surface area contributed by atoms with Gasteiger partial charge in [-0.1, -0.05) is 30.3 Å². The van der Waals surface area contributed by atoms with Crippen LogP contribution in [0.25, 0.3) is 10.9 Å². The lowest BCUT2D eigenvalue weighted by atomic mass is 10.1. The van der Waals surface area contributed by atoms with E-state index in [-0.39, 0.29) is 12.1 Å². The molecule has 2 N–H and O–H groups in total. The molecule has 0 unspecified atom stereocenters. The first kappa shape index (κ1) is 16.7. The lowest BCUT2D eigenvalue weighted by Crippen LogP contribution is -2.24. The molecule has 1 fully saturated rings. The summed E-state index contributed by atoms with van der Waals surface area (Å²) < 4.78 is 4.99. The molecule has 1 amide bonds. The lowest BCUT2D eigenvalue weighted by molar-refractivity contribution is 0.181. The first-order valence-corrected chi connectivity index (χ1v) is 9.05. The zero-order valence-electron chi connectivity index (χ0n) is 14.9. The zero-order valence-corrected chi connectivity index (χ0v) is 14.9. The fourth-order valence-corrected chi connectivity index (χ4v) is 3.45. The van der Waals surface area contributed by atoms with E-state index in [1.165, 1.54) is 22.0 Å². The van der Waals surface area contributed by atoms with Gasteiger partial charge in [-0.3, -0.25) is 4.90 Å². The Bertz CT molecular complexity index is 901. The molecule has 5 nitrogen and oxygen atoms in total. The van der Waals surface area contributed by atoms with Crippen molar-refractivity contribution in [3.05, 3.63) is 65.9 Å². The highest BCUT2D eigenvalue weighted by Gasteiger charge is 2.23. The van der Waals surface area contributed by atoms with Crippen LogP contribution in [0.3, 0.4) is 0 Å². The Balaban J connectivity index is 1.34. The van der Waals surface area contributed by atoms with E-state index in [1.807, 2.05) is 12.1 Å². The molecule has 2 heterocycles. The van der Waals surface area contributed by atoms with Gasteiger partial charge < -0.3 is 15.0 Å². The monoisotopic (exact) mass is 349 g/mol. The Morgan fingerprint density at radius 2 is 2.00 bits per heavy atom. The Kier molecular flexibility index (Phi) is 4.63. The van der Waals surface area contributed by atoms with Crippen LogP contribution in [-0.2, 0) is 11.2 Å². The van der Waals surface area contributed by atoms with Crippen LogP contribution in [0, 0.1) is 0 Å². The minimum atomic E-state index is -0.261. The van der Waals surface area contributed by atoms with E-state index in [9.17, 15) is 4.79 Å². The summed E-state index contributed by atoms with van der Waals surface area (Å²) in [4.78, 5) is 16.6. The van der Waals surface area contributed by atoms with Gasteiger partial charge in [-0.2, -0.15) is 0 Å². The van der Waals surface area contributed by atoms with Crippen molar-refractivity contribution in [2.75, 3.05) is 24.6 Å². The third kappa shape index (κ3) is 3.30. The first-order chi connectivity index (χ1) is 12.7. The number of hydrogen-bond acceptors (Lipinski definition) is 3. The van der Waals surface area contributed by atoms with Crippen molar-refractivity contribution in [3.63, 3.8) is 0 Å². The number of aromatic amines is 1. The van der Waals surface area contributed by atoms with Gasteiger partial charge in [0.05, 0.1) is 6.54 Å². The molecule has 5 heteroatoms. The predicted octanol–water partition coefficient (Wildman–Crippen LogP) is 4.02. The highest BCUT2D eigenvalue weighted by molar-refractivity contribution is 5.89. The number of benzene rings is 2. The number of amides is 1. The summed E-state index contributed by atoms with van der Waals surface area (Å²) in [6, 6.07) is 16.8. The molecular formula is C21H23N3O2. The Labute approximate surface area is 153 Å². The third-order valence-electron chi connectivity index (χ3n) is 4.99. The molecule has 3 aromatic rings. The summed E-state index contributed by atoms with van der Waals surface area (Å²) in [5, 5.41) is 4.88. The Morgan fingerprint density at radius 1 is 1.19 bits per heavy atom. The van der Waals surface area contributed by atoms with Crippen molar-refractivity contribution in [2.24, 2.45) is 0 Å². The van der Waals surface area contributed by atoms with Gasteiger partial charge in [0.25, 0.3) is 0 Å². The molecule has 1 atom stereocenters. The number of carbonyl (C=O) groups is 1. The predicted molar refractivity (Wildman–Crippen MR) is 104 cm³/mol. The van der Waals surface area contributed by atoms with Gasteiger partial charge in [-0.25, -0.2) is 4.79 Å². The van der Waals surface area contributed by atoms with Gasteiger partial charge in [0.1, 0.15) is 6.61 Å². The van der Waals surface area contributed by atoms with E-state index in [2.05, 4.69) is 59.8 Å². The Morgan fingerprint density at radius 3 is 2.77 bits per heavy atom. The second-order valence-corrected chi connectivity index (χ2v) is 6.64. The molecule has 4 rings (SSSR count). The third-order valence-corrected chi connectivity index (χ3v) is 4.99. The number of nitrogens with one attached hydrogen (secondary N) is 2. The number of anilines is 1. The van der Waals surface area contributed by atoms with Crippen molar-refractivity contribution in [3.8, 4) is 0 Å². The van der Waals surface area contributed by atoms with Crippen molar-refractivity contribution in [1.29, 1.82) is 0 Å². The maximum atomic E-state index is 11.6. The smallest absolute Gasteiger partial charge is 0.414 e. The van der Waals surface area contributed by atoms with E-state index in [1.54, 1.807) is 4.90 Å². The van der Waals surface area contributed by atoms with Crippen LogP contribution in [0.4, 0.5) is 10.5 Å². The number of hydrogen-bond donors (Lipinski definition) is 2. The normalized spacial score (nSPS) is 15.4. The van der Waals surface area contributed by atoms with E-state index in [0.29, 0.717) is 13.2 Å². The van der Waals surface area contributed by atoms with Gasteiger partial charge in [-0.05, 0) is 49.2 Å². The van der Waals surface area contributed by atoms with Crippen LogP contribution >= 0.6 is 0 Å². The summed E-state index contributed by atoms with van der Waals surface area (Å²) in [5.41, 5.74) is 4.62. The standard InChI is InChI=1S/C21H23N3O2/c1-15(16-6-8-18(9-7-16)24-12-13-26-21(24)25)22-11-10-17-14-23-20-5-3-2-4-19(17)20/h2-9,14-15,22-23H,10-13H2,1H3/t15-/m0/s1. The van der Waals surface area contributed by atoms with Gasteiger partial charge in [-0.15, -0.1) is 0 Å². The van der Waals surface area contributed by atoms with Crippen LogP contribution in [0.5, 0.6) is 0 Å². The number of para-hydroxylation sites is 1. The topological polar surface area (TPSA) is 57.4 Å². The molecule has 1 aliphatic heterocycles. The van der Waals surface area contributed by atoms with E-state index in [0.717, 1.165) is 18.7 Å². The summed E-state index contributed by atoms with van der Waals surface area (Å²) in [7, 11) is 0. The number of nitrogens with zero attached hydrogens (tertiary/aromatic N) is 1. The zero-order chi connectivity index (χ0) is 17.9. The minimum Gasteiger partial charge on any atom is -0.447 e. The fourth-order valence-electron chi connectivity index (χ4n) is 3.45. The summed E-state index contributed by atoms with van der Waals surface area (Å²) in [5.74, 6) is 0. The number of carbonyl (C=O) groups excluding carboxylic acids is 1. The largest absolute Gasteiger partial charge is 0.447 e. The number of fused-ring (bicyclic) bond motifs is 1. The SMILES string of the molecule is C[C@H](NCCc1c[nH]c2ccccc12)c1ccc(N2CCOC2=O)cc1. The maximum Gasteiger partial charge on any atom is 0.414 e. The van der Waals surface area contributed by atoms with Crippen molar-refractivity contribution in [2.45, 2.75) is 19.4 Å². The molecule has 0 spiro atoms. The van der Waals surface area contributed by atoms with Crippen LogP contribution in [0.1, 0.15) is 24.1 Å². The maximum absolute atomic E-state index is 11.6. The molecular weight excluding hydrogens is 326 g/mol. The van der Waals surface area contributed by atoms with Gasteiger partial charge in [0.15, 0.2) is 0 Å². The Hall–Kier alpha value is -2.79. The quantitative estimate of drug-likeness (QED) is 0.707. The number of aromatic nitrogens is 1. The molecule has 0 bridgehead atoms. The molecule has 0 aliphatic carbocycles.